The number of aromatic nitrogens is 5. The Morgan fingerprint density at radius 3 is 2.73 bits per heavy atom. The van der Waals surface area contributed by atoms with E-state index in [0.717, 1.165) is 45.3 Å². The van der Waals surface area contributed by atoms with Crippen molar-refractivity contribution in [2.75, 3.05) is 23.3 Å². The molecule has 4 aromatic rings. The number of thiazole rings is 1. The van der Waals surface area contributed by atoms with Crippen LogP contribution in [0.5, 0.6) is 0 Å². The van der Waals surface area contributed by atoms with Gasteiger partial charge >= 0.3 is 6.09 Å². The molecule has 0 spiro atoms. The minimum absolute atomic E-state index is 0.122. The molecule has 11 heteroatoms. The van der Waals surface area contributed by atoms with Crippen molar-refractivity contribution in [1.82, 2.24) is 29.8 Å². The van der Waals surface area contributed by atoms with Crippen LogP contribution >= 0.6 is 11.3 Å². The van der Waals surface area contributed by atoms with Crippen molar-refractivity contribution >= 4 is 45.2 Å². The molecule has 2 fully saturated rings. The molecule has 6 rings (SSSR count). The van der Waals surface area contributed by atoms with Crippen LogP contribution in [0.3, 0.4) is 0 Å². The molecule has 0 aromatic carbocycles. The lowest BCUT2D eigenvalue weighted by Crippen LogP contribution is -2.50. The SMILES string of the molecule is Cc1cccnc1-c1nc2cc(Nc3nccc(N4C[C@@H]5C[C@H]4CN5C(=O)OC(C)(C)C)n3)ncc2s1. The van der Waals surface area contributed by atoms with E-state index in [-0.39, 0.29) is 18.2 Å². The van der Waals surface area contributed by atoms with Crippen molar-refractivity contribution in [2.24, 2.45) is 0 Å². The highest BCUT2D eigenvalue weighted by atomic mass is 32.1. The number of hydrogen-bond donors (Lipinski definition) is 1. The number of nitrogens with zero attached hydrogens (tertiary/aromatic N) is 7. The van der Waals surface area contributed by atoms with Crippen LogP contribution in [-0.2, 0) is 4.74 Å². The summed E-state index contributed by atoms with van der Waals surface area (Å²) < 4.78 is 6.57. The number of pyridine rings is 2. The van der Waals surface area contributed by atoms with Gasteiger partial charge in [-0.1, -0.05) is 6.07 Å². The lowest BCUT2D eigenvalue weighted by atomic mass is 10.2. The van der Waals surface area contributed by atoms with E-state index in [1.54, 1.807) is 23.7 Å². The van der Waals surface area contributed by atoms with E-state index in [4.69, 9.17) is 14.7 Å². The van der Waals surface area contributed by atoms with Gasteiger partial charge in [0.25, 0.3) is 0 Å². The molecule has 37 heavy (non-hydrogen) atoms. The monoisotopic (exact) mass is 516 g/mol. The minimum Gasteiger partial charge on any atom is -0.444 e. The number of hydrogen-bond acceptors (Lipinski definition) is 10. The number of anilines is 3. The summed E-state index contributed by atoms with van der Waals surface area (Å²) in [6.07, 6.45) is 6.00. The van der Waals surface area contributed by atoms with Crippen LogP contribution in [0.15, 0.2) is 42.9 Å². The Hall–Kier alpha value is -3.86. The highest BCUT2D eigenvalue weighted by Crippen LogP contribution is 2.35. The smallest absolute Gasteiger partial charge is 0.410 e. The van der Waals surface area contributed by atoms with Crippen molar-refractivity contribution < 1.29 is 9.53 Å². The zero-order valence-electron chi connectivity index (χ0n) is 21.2. The van der Waals surface area contributed by atoms with E-state index in [2.05, 4.69) is 25.2 Å². The Labute approximate surface area is 218 Å². The first-order chi connectivity index (χ1) is 17.7. The van der Waals surface area contributed by atoms with Crippen LogP contribution < -0.4 is 10.2 Å². The molecular formula is C26H28N8O2S. The summed E-state index contributed by atoms with van der Waals surface area (Å²) in [7, 11) is 0. The molecular weight excluding hydrogens is 488 g/mol. The largest absolute Gasteiger partial charge is 0.444 e. The van der Waals surface area contributed by atoms with Gasteiger partial charge in [0, 0.05) is 37.7 Å². The molecule has 2 aliphatic rings. The number of ether oxygens (including phenoxy) is 1. The number of fused-ring (bicyclic) bond motifs is 3. The molecule has 1 amide bonds. The molecule has 2 saturated heterocycles. The Balaban J connectivity index is 1.16. The summed E-state index contributed by atoms with van der Waals surface area (Å²) in [5.74, 6) is 1.92. The molecule has 0 aliphatic carbocycles. The summed E-state index contributed by atoms with van der Waals surface area (Å²) >= 11 is 1.57. The Morgan fingerprint density at radius 1 is 1.11 bits per heavy atom. The fraction of sp³-hybridized carbons (Fsp3) is 0.385. The number of likely N-dealkylation sites (tertiary alicyclic amines) is 1. The molecule has 2 bridgehead atoms. The normalized spacial score (nSPS) is 19.0. The zero-order chi connectivity index (χ0) is 25.7. The summed E-state index contributed by atoms with van der Waals surface area (Å²) in [5.41, 5.74) is 2.32. The van der Waals surface area contributed by atoms with E-state index < -0.39 is 5.60 Å². The van der Waals surface area contributed by atoms with E-state index >= 15 is 0 Å². The van der Waals surface area contributed by atoms with Crippen molar-refractivity contribution in [3.8, 4) is 10.7 Å². The Bertz CT molecular complexity index is 1480. The van der Waals surface area contributed by atoms with Crippen LogP contribution in [0.1, 0.15) is 32.8 Å². The van der Waals surface area contributed by atoms with Crippen LogP contribution in [0.2, 0.25) is 0 Å². The zero-order valence-corrected chi connectivity index (χ0v) is 22.0. The average Bonchev–Trinajstić information content (AvgIpc) is 3.57. The fourth-order valence-corrected chi connectivity index (χ4v) is 5.87. The number of piperazine rings is 1. The van der Waals surface area contributed by atoms with Gasteiger partial charge in [0.2, 0.25) is 5.95 Å². The summed E-state index contributed by atoms with van der Waals surface area (Å²) in [5, 5.41) is 4.09. The summed E-state index contributed by atoms with van der Waals surface area (Å²) in [6.45, 7) is 9.06. The number of rotatable bonds is 4. The molecule has 2 aliphatic heterocycles. The van der Waals surface area contributed by atoms with Crippen molar-refractivity contribution in [2.45, 2.75) is 51.8 Å². The Morgan fingerprint density at radius 2 is 1.97 bits per heavy atom. The molecule has 190 valence electrons. The highest BCUT2D eigenvalue weighted by Gasteiger charge is 2.47. The first-order valence-corrected chi connectivity index (χ1v) is 13.1. The van der Waals surface area contributed by atoms with Crippen LogP contribution in [0.25, 0.3) is 20.9 Å². The van der Waals surface area contributed by atoms with Gasteiger partial charge in [-0.3, -0.25) is 4.98 Å². The van der Waals surface area contributed by atoms with Gasteiger partial charge in [0.1, 0.15) is 27.9 Å². The van der Waals surface area contributed by atoms with Gasteiger partial charge in [-0.2, -0.15) is 4.98 Å². The third-order valence-corrected chi connectivity index (χ3v) is 7.54. The number of amides is 1. The second kappa shape index (κ2) is 8.91. The Kier molecular flexibility index (Phi) is 5.67. The first kappa shape index (κ1) is 23.5. The van der Waals surface area contributed by atoms with Crippen LogP contribution in [0, 0.1) is 6.92 Å². The van der Waals surface area contributed by atoms with Crippen LogP contribution in [-0.4, -0.2) is 66.7 Å². The number of aryl methyl sites for hydroxylation is 1. The number of carbonyl (C=O) groups excluding carboxylic acids is 1. The number of nitrogens with one attached hydrogen (secondary N) is 1. The third kappa shape index (κ3) is 4.66. The van der Waals surface area contributed by atoms with Crippen molar-refractivity contribution in [1.29, 1.82) is 0 Å². The van der Waals surface area contributed by atoms with Crippen LogP contribution in [0.4, 0.5) is 22.4 Å². The quantitative estimate of drug-likeness (QED) is 0.409. The molecule has 0 unspecified atom stereocenters. The predicted molar refractivity (Wildman–Crippen MR) is 143 cm³/mol. The summed E-state index contributed by atoms with van der Waals surface area (Å²) in [6, 6.07) is 8.09. The van der Waals surface area contributed by atoms with Gasteiger partial charge in [0.05, 0.1) is 22.3 Å². The molecule has 4 aromatic heterocycles. The lowest BCUT2D eigenvalue weighted by Gasteiger charge is -2.35. The molecule has 6 heterocycles. The van der Waals surface area contributed by atoms with E-state index in [0.29, 0.717) is 18.3 Å². The lowest BCUT2D eigenvalue weighted by molar-refractivity contribution is 0.0214. The average molecular weight is 517 g/mol. The minimum atomic E-state index is -0.500. The van der Waals surface area contributed by atoms with Crippen molar-refractivity contribution in [3.05, 3.63) is 48.4 Å². The van der Waals surface area contributed by atoms with E-state index in [1.807, 2.05) is 63.1 Å². The topological polar surface area (TPSA) is 109 Å². The molecule has 0 radical (unpaired) electrons. The second-order valence-corrected chi connectivity index (χ2v) is 11.4. The molecule has 1 N–H and O–H groups in total. The fourth-order valence-electron chi connectivity index (χ4n) is 4.89. The maximum absolute atomic E-state index is 12.6. The second-order valence-electron chi connectivity index (χ2n) is 10.4. The number of carbonyl (C=O) groups is 1. The first-order valence-electron chi connectivity index (χ1n) is 12.3. The molecule has 0 saturated carbocycles. The molecule has 2 atom stereocenters. The van der Waals surface area contributed by atoms with E-state index in [1.165, 1.54) is 0 Å². The maximum atomic E-state index is 12.6. The maximum Gasteiger partial charge on any atom is 0.410 e. The standard InChI is InChI=1S/C26H28N8O2S/c1-15-6-5-8-27-22(15)23-30-18-11-20(29-12-19(18)37-23)31-24-28-9-7-21(32-24)33-13-17-10-16(33)14-34(17)25(35)36-26(2,3)4/h5-9,11-12,16-17H,10,13-14H2,1-4H3,(H,28,29,31,32)/t16-,17-/m0/s1. The van der Waals surface area contributed by atoms with Gasteiger partial charge in [-0.05, 0) is 51.8 Å². The predicted octanol–water partition coefficient (Wildman–Crippen LogP) is 4.79. The van der Waals surface area contributed by atoms with E-state index in [9.17, 15) is 4.79 Å². The third-order valence-electron chi connectivity index (χ3n) is 6.53. The highest BCUT2D eigenvalue weighted by molar-refractivity contribution is 7.21. The van der Waals surface area contributed by atoms with Gasteiger partial charge in [-0.15, -0.1) is 11.3 Å². The van der Waals surface area contributed by atoms with Gasteiger partial charge in [-0.25, -0.2) is 19.7 Å². The van der Waals surface area contributed by atoms with Crippen molar-refractivity contribution in [3.63, 3.8) is 0 Å². The van der Waals surface area contributed by atoms with Gasteiger partial charge < -0.3 is 19.9 Å². The molecule has 10 nitrogen and oxygen atoms in total. The summed E-state index contributed by atoms with van der Waals surface area (Å²) in [4.78, 5) is 39.6. The van der Waals surface area contributed by atoms with Gasteiger partial charge in [0.15, 0.2) is 0 Å².